The van der Waals surface area contributed by atoms with Crippen LogP contribution in [0.4, 0.5) is 8.78 Å². The number of piperidine rings is 1. The monoisotopic (exact) mass is 477 g/mol. The van der Waals surface area contributed by atoms with E-state index in [0.717, 1.165) is 25.9 Å². The Bertz CT molecular complexity index is 1390. The molecule has 1 fully saturated rings. The number of hydrogen-bond acceptors (Lipinski definition) is 5. The maximum absolute atomic E-state index is 13.8. The maximum atomic E-state index is 13.8. The molecule has 3 heterocycles. The molecule has 0 atom stereocenters. The molecule has 180 valence electrons. The van der Waals surface area contributed by atoms with E-state index in [9.17, 15) is 13.6 Å². The Morgan fingerprint density at radius 1 is 0.914 bits per heavy atom. The van der Waals surface area contributed by atoms with Crippen LogP contribution in [0.1, 0.15) is 18.9 Å². The highest BCUT2D eigenvalue weighted by Gasteiger charge is 2.28. The van der Waals surface area contributed by atoms with E-state index in [1.807, 2.05) is 11.7 Å². The predicted octanol–water partition coefficient (Wildman–Crippen LogP) is 4.65. The first-order valence-corrected chi connectivity index (χ1v) is 11.4. The predicted molar refractivity (Wildman–Crippen MR) is 128 cm³/mol. The summed E-state index contributed by atoms with van der Waals surface area (Å²) in [6.07, 6.45) is 3.24. The summed E-state index contributed by atoms with van der Waals surface area (Å²) < 4.78 is 36.3. The van der Waals surface area contributed by atoms with Crippen LogP contribution in [0.2, 0.25) is 0 Å². The van der Waals surface area contributed by atoms with Gasteiger partial charge in [0.05, 0.1) is 23.0 Å². The van der Waals surface area contributed by atoms with Crippen molar-refractivity contribution in [3.63, 3.8) is 0 Å². The Kier molecular flexibility index (Phi) is 6.17. The van der Waals surface area contributed by atoms with E-state index in [1.165, 1.54) is 36.4 Å². The summed E-state index contributed by atoms with van der Waals surface area (Å²) in [6.45, 7) is 1.79. The van der Waals surface area contributed by atoms with Crippen molar-refractivity contribution in [3.05, 3.63) is 82.8 Å². The number of hydrogen-bond donors (Lipinski definition) is 0. The van der Waals surface area contributed by atoms with Crippen LogP contribution in [0.15, 0.2) is 65.6 Å². The number of ether oxygens (including phenoxy) is 1. The third-order valence-corrected chi connectivity index (χ3v) is 6.37. The third-order valence-electron chi connectivity index (χ3n) is 6.37. The van der Waals surface area contributed by atoms with Gasteiger partial charge < -0.3 is 9.64 Å². The van der Waals surface area contributed by atoms with Crippen molar-refractivity contribution < 1.29 is 13.5 Å². The topological polar surface area (TPSA) is 65.2 Å². The number of halogens is 2. The lowest BCUT2D eigenvalue weighted by atomic mass is 10.0. The van der Waals surface area contributed by atoms with E-state index < -0.39 is 0 Å². The van der Waals surface area contributed by atoms with Gasteiger partial charge in [-0.2, -0.15) is 4.98 Å². The molecule has 5 rings (SSSR count). The average Bonchev–Trinajstić information content (AvgIpc) is 3.12. The molecule has 1 saturated heterocycles. The molecule has 1 aliphatic rings. The normalized spacial score (nSPS) is 14.9. The summed E-state index contributed by atoms with van der Waals surface area (Å²) >= 11 is 0. The van der Waals surface area contributed by atoms with Crippen LogP contribution in [-0.2, 0) is 7.05 Å². The van der Waals surface area contributed by atoms with Crippen molar-refractivity contribution in [2.45, 2.75) is 18.9 Å². The van der Waals surface area contributed by atoms with Crippen LogP contribution in [0.3, 0.4) is 0 Å². The fraction of sp³-hybridized carbons (Fsp3) is 0.269. The van der Waals surface area contributed by atoms with Gasteiger partial charge >= 0.3 is 6.01 Å². The highest BCUT2D eigenvalue weighted by Crippen LogP contribution is 2.32. The van der Waals surface area contributed by atoms with E-state index in [-0.39, 0.29) is 29.2 Å². The van der Waals surface area contributed by atoms with Crippen LogP contribution in [0.25, 0.3) is 22.5 Å². The lowest BCUT2D eigenvalue weighted by Crippen LogP contribution is -2.36. The minimum absolute atomic E-state index is 0.0356. The second-order valence-electron chi connectivity index (χ2n) is 8.72. The Labute approximate surface area is 201 Å². The van der Waals surface area contributed by atoms with Crippen LogP contribution in [0, 0.1) is 11.6 Å². The zero-order chi connectivity index (χ0) is 24.5. The molecule has 0 unspecified atom stereocenters. The van der Waals surface area contributed by atoms with E-state index in [4.69, 9.17) is 4.74 Å². The number of nitrogens with zero attached hydrogens (tertiary/aromatic N) is 5. The minimum atomic E-state index is -0.376. The molecule has 0 amide bonds. The van der Waals surface area contributed by atoms with E-state index in [2.05, 4.69) is 21.9 Å². The van der Waals surface area contributed by atoms with Crippen molar-refractivity contribution in [2.75, 3.05) is 20.1 Å². The molecule has 0 radical (unpaired) electrons. The molecule has 1 aliphatic heterocycles. The number of benzene rings is 2. The van der Waals surface area contributed by atoms with Crippen LogP contribution in [0.5, 0.6) is 11.8 Å². The molecule has 2 aromatic heterocycles. The van der Waals surface area contributed by atoms with Gasteiger partial charge in [-0.25, -0.2) is 18.4 Å². The van der Waals surface area contributed by atoms with Crippen LogP contribution < -0.4 is 10.3 Å². The van der Waals surface area contributed by atoms with Gasteiger partial charge in [-0.15, -0.1) is 0 Å². The van der Waals surface area contributed by atoms with Crippen molar-refractivity contribution in [1.82, 2.24) is 24.2 Å². The molecule has 2 aromatic carbocycles. The lowest BCUT2D eigenvalue weighted by Gasteiger charge is -2.30. The first kappa shape index (κ1) is 22.9. The van der Waals surface area contributed by atoms with Gasteiger partial charge in [-0.05, 0) is 81.0 Å². The molecule has 35 heavy (non-hydrogen) atoms. The van der Waals surface area contributed by atoms with E-state index >= 15 is 0 Å². The molecule has 0 N–H and O–H groups in total. The van der Waals surface area contributed by atoms with E-state index in [1.54, 1.807) is 29.1 Å². The zero-order valence-electron chi connectivity index (χ0n) is 19.5. The molecular formula is C26H25F2N5O2. The molecule has 0 saturated carbocycles. The zero-order valence-corrected chi connectivity index (χ0v) is 19.5. The van der Waals surface area contributed by atoms with Crippen LogP contribution in [-0.4, -0.2) is 44.4 Å². The van der Waals surface area contributed by atoms with Crippen molar-refractivity contribution in [1.29, 1.82) is 0 Å². The fourth-order valence-corrected chi connectivity index (χ4v) is 4.57. The highest BCUT2D eigenvalue weighted by molar-refractivity contribution is 5.79. The molecule has 0 spiro atoms. The SMILES string of the molecule is CN1CCC(n2c(=O)c(-c3ccc(F)cc3)c(-c3ccnc(Oc4ccc(F)cc4)n3)n2C)CC1. The molecule has 0 aliphatic carbocycles. The second-order valence-corrected chi connectivity index (χ2v) is 8.72. The molecule has 9 heteroatoms. The second kappa shape index (κ2) is 9.42. The Morgan fingerprint density at radius 2 is 1.54 bits per heavy atom. The third kappa shape index (κ3) is 4.59. The van der Waals surface area contributed by atoms with Crippen molar-refractivity contribution in [3.8, 4) is 34.3 Å². The highest BCUT2D eigenvalue weighted by atomic mass is 19.1. The van der Waals surface area contributed by atoms with Gasteiger partial charge in [-0.3, -0.25) is 9.48 Å². The van der Waals surface area contributed by atoms with E-state index in [0.29, 0.717) is 28.3 Å². The minimum Gasteiger partial charge on any atom is -0.424 e. The largest absolute Gasteiger partial charge is 0.424 e. The first-order chi connectivity index (χ1) is 16.9. The fourth-order valence-electron chi connectivity index (χ4n) is 4.57. The number of rotatable bonds is 5. The smallest absolute Gasteiger partial charge is 0.322 e. The summed E-state index contributed by atoms with van der Waals surface area (Å²) in [5.74, 6) is -0.361. The molecular weight excluding hydrogens is 452 g/mol. The number of aromatic nitrogens is 4. The Balaban J connectivity index is 1.62. The van der Waals surface area contributed by atoms with Gasteiger partial charge in [0, 0.05) is 13.2 Å². The Hall–Kier alpha value is -3.85. The van der Waals surface area contributed by atoms with Gasteiger partial charge in [0.2, 0.25) is 0 Å². The summed E-state index contributed by atoms with van der Waals surface area (Å²) in [5, 5.41) is 0. The molecule has 7 nitrogen and oxygen atoms in total. The lowest BCUT2D eigenvalue weighted by molar-refractivity contribution is 0.200. The number of likely N-dealkylation sites (tertiary alicyclic amines) is 1. The standard InChI is InChI=1S/C26H25F2N5O2/c1-31-15-12-20(13-16-31)33-25(34)23(17-3-5-18(27)6-4-17)24(32(33)2)22-11-14-29-26(30-22)35-21-9-7-19(28)8-10-21/h3-11,14,20H,12-13,15-16H2,1-2H3. The maximum Gasteiger partial charge on any atom is 0.322 e. The summed E-state index contributed by atoms with van der Waals surface area (Å²) in [4.78, 5) is 24.8. The quantitative estimate of drug-likeness (QED) is 0.419. The Morgan fingerprint density at radius 3 is 2.20 bits per heavy atom. The van der Waals surface area contributed by atoms with Gasteiger partial charge in [0.1, 0.15) is 17.4 Å². The van der Waals surface area contributed by atoms with Crippen molar-refractivity contribution >= 4 is 0 Å². The average molecular weight is 478 g/mol. The van der Waals surface area contributed by atoms with Crippen molar-refractivity contribution in [2.24, 2.45) is 7.05 Å². The molecule has 0 bridgehead atoms. The summed E-state index contributed by atoms with van der Waals surface area (Å²) in [7, 11) is 3.91. The summed E-state index contributed by atoms with van der Waals surface area (Å²) in [6, 6.07) is 13.3. The van der Waals surface area contributed by atoms with Crippen LogP contribution >= 0.6 is 0 Å². The molecule has 4 aromatic rings. The van der Waals surface area contributed by atoms with Gasteiger partial charge in [0.25, 0.3) is 5.56 Å². The van der Waals surface area contributed by atoms with Gasteiger partial charge in [0.15, 0.2) is 0 Å². The van der Waals surface area contributed by atoms with Gasteiger partial charge in [-0.1, -0.05) is 12.1 Å². The first-order valence-electron chi connectivity index (χ1n) is 11.4. The summed E-state index contributed by atoms with van der Waals surface area (Å²) in [5.41, 5.74) is 1.98.